The predicted molar refractivity (Wildman–Crippen MR) is 46.7 cm³/mol. The fourth-order valence-electron chi connectivity index (χ4n) is 1.06. The summed E-state index contributed by atoms with van der Waals surface area (Å²) in [6.45, 7) is 1.96. The third kappa shape index (κ3) is 1.23. The van der Waals surface area contributed by atoms with Crippen LogP contribution < -0.4 is 0 Å². The van der Waals surface area contributed by atoms with Crippen LogP contribution in [0.15, 0.2) is 41.1 Å². The molecule has 12 heavy (non-hydrogen) atoms. The van der Waals surface area contributed by atoms with Gasteiger partial charge in [-0.2, -0.15) is 0 Å². The molecule has 0 radical (unpaired) electrons. The van der Waals surface area contributed by atoms with E-state index in [1.54, 1.807) is 6.26 Å². The van der Waals surface area contributed by atoms with E-state index in [4.69, 9.17) is 4.42 Å². The Balaban J connectivity index is 2.43. The Morgan fingerprint density at radius 3 is 2.75 bits per heavy atom. The highest BCUT2D eigenvalue weighted by atomic mass is 16.3. The van der Waals surface area contributed by atoms with Crippen molar-refractivity contribution < 1.29 is 4.42 Å². The van der Waals surface area contributed by atoms with E-state index < -0.39 is 0 Å². The summed E-state index contributed by atoms with van der Waals surface area (Å²) in [5, 5.41) is 0. The molecule has 2 heteroatoms. The van der Waals surface area contributed by atoms with Crippen molar-refractivity contribution in [3.8, 4) is 11.3 Å². The average molecular weight is 159 g/mol. The van der Waals surface area contributed by atoms with Crippen LogP contribution >= 0.6 is 0 Å². The molecule has 0 saturated carbocycles. The fourth-order valence-corrected chi connectivity index (χ4v) is 1.06. The molecule has 0 N–H and O–H groups in total. The van der Waals surface area contributed by atoms with E-state index in [1.165, 1.54) is 0 Å². The minimum absolute atomic E-state index is 0.863. The zero-order valence-electron chi connectivity index (χ0n) is 6.82. The van der Waals surface area contributed by atoms with Gasteiger partial charge in [0.2, 0.25) is 0 Å². The molecular formula is C10H9NO. The fraction of sp³-hybridized carbons (Fsp3) is 0.100. The molecule has 0 aliphatic carbocycles. The quantitative estimate of drug-likeness (QED) is 0.639. The van der Waals surface area contributed by atoms with E-state index in [2.05, 4.69) is 4.98 Å². The number of hydrogen-bond donors (Lipinski definition) is 0. The van der Waals surface area contributed by atoms with Gasteiger partial charge in [-0.05, 0) is 31.2 Å². The van der Waals surface area contributed by atoms with Crippen molar-refractivity contribution in [2.45, 2.75) is 6.92 Å². The third-order valence-corrected chi connectivity index (χ3v) is 1.72. The Labute approximate surface area is 70.9 Å². The monoisotopic (exact) mass is 159 g/mol. The number of furan rings is 1. The average Bonchev–Trinajstić information content (AvgIpc) is 2.58. The van der Waals surface area contributed by atoms with Crippen LogP contribution in [-0.4, -0.2) is 4.98 Å². The standard InChI is InChI=1S/C10H9NO/c1-8-4-5-9(7-11-8)10-3-2-6-12-10/h2-7H,1H3. The lowest BCUT2D eigenvalue weighted by atomic mass is 10.2. The molecule has 0 spiro atoms. The van der Waals surface area contributed by atoms with Gasteiger partial charge in [0.1, 0.15) is 5.76 Å². The highest BCUT2D eigenvalue weighted by Crippen LogP contribution is 2.17. The van der Waals surface area contributed by atoms with E-state index in [0.29, 0.717) is 0 Å². The summed E-state index contributed by atoms with van der Waals surface area (Å²) in [5.74, 6) is 0.863. The van der Waals surface area contributed by atoms with Crippen molar-refractivity contribution >= 4 is 0 Å². The second-order valence-corrected chi connectivity index (χ2v) is 2.67. The van der Waals surface area contributed by atoms with Crippen molar-refractivity contribution in [3.05, 3.63) is 42.4 Å². The molecular weight excluding hydrogens is 150 g/mol. The SMILES string of the molecule is Cc1ccc(-c2ccco2)cn1. The number of nitrogens with zero attached hydrogens (tertiary/aromatic N) is 1. The Kier molecular flexibility index (Phi) is 1.67. The maximum atomic E-state index is 5.22. The number of pyridine rings is 1. The van der Waals surface area contributed by atoms with Gasteiger partial charge in [0.05, 0.1) is 6.26 Å². The van der Waals surface area contributed by atoms with Crippen LogP contribution in [0.1, 0.15) is 5.69 Å². The van der Waals surface area contributed by atoms with Gasteiger partial charge >= 0.3 is 0 Å². The summed E-state index contributed by atoms with van der Waals surface area (Å²) in [6.07, 6.45) is 3.48. The molecule has 2 aromatic rings. The predicted octanol–water partition coefficient (Wildman–Crippen LogP) is 2.65. The molecule has 0 amide bonds. The number of hydrogen-bond acceptors (Lipinski definition) is 2. The topological polar surface area (TPSA) is 26.0 Å². The van der Waals surface area contributed by atoms with Gasteiger partial charge in [0, 0.05) is 17.5 Å². The minimum Gasteiger partial charge on any atom is -0.464 e. The van der Waals surface area contributed by atoms with Crippen LogP contribution in [0.3, 0.4) is 0 Å². The Morgan fingerprint density at radius 1 is 1.25 bits per heavy atom. The van der Waals surface area contributed by atoms with Crippen LogP contribution in [0.25, 0.3) is 11.3 Å². The first-order valence-electron chi connectivity index (χ1n) is 3.83. The molecule has 2 aromatic heterocycles. The molecule has 60 valence electrons. The summed E-state index contributed by atoms with van der Waals surface area (Å²) in [7, 11) is 0. The summed E-state index contributed by atoms with van der Waals surface area (Å²) < 4.78 is 5.22. The van der Waals surface area contributed by atoms with E-state index in [-0.39, 0.29) is 0 Å². The maximum Gasteiger partial charge on any atom is 0.135 e. The van der Waals surface area contributed by atoms with Crippen LogP contribution in [0, 0.1) is 6.92 Å². The second-order valence-electron chi connectivity index (χ2n) is 2.67. The second kappa shape index (κ2) is 2.81. The third-order valence-electron chi connectivity index (χ3n) is 1.72. The Hall–Kier alpha value is -1.57. The molecule has 2 nitrogen and oxygen atoms in total. The lowest BCUT2D eigenvalue weighted by Gasteiger charge is -1.95. The van der Waals surface area contributed by atoms with Gasteiger partial charge in [-0.3, -0.25) is 4.98 Å². The molecule has 0 fully saturated rings. The first kappa shape index (κ1) is 7.10. The summed E-state index contributed by atoms with van der Waals surface area (Å²) in [4.78, 5) is 4.18. The van der Waals surface area contributed by atoms with E-state index in [9.17, 15) is 0 Å². The van der Waals surface area contributed by atoms with Crippen molar-refractivity contribution in [1.29, 1.82) is 0 Å². The van der Waals surface area contributed by atoms with E-state index >= 15 is 0 Å². The first-order chi connectivity index (χ1) is 5.86. The lowest BCUT2D eigenvalue weighted by Crippen LogP contribution is -1.80. The van der Waals surface area contributed by atoms with Crippen molar-refractivity contribution in [2.24, 2.45) is 0 Å². The summed E-state index contributed by atoms with van der Waals surface area (Å²) >= 11 is 0. The van der Waals surface area contributed by atoms with Crippen molar-refractivity contribution in [1.82, 2.24) is 4.98 Å². The van der Waals surface area contributed by atoms with Gasteiger partial charge in [0.25, 0.3) is 0 Å². The molecule has 2 rings (SSSR count). The molecule has 0 bridgehead atoms. The number of aryl methyl sites for hydroxylation is 1. The molecule has 0 aliphatic rings. The van der Waals surface area contributed by atoms with Gasteiger partial charge in [-0.1, -0.05) is 0 Å². The zero-order chi connectivity index (χ0) is 8.39. The molecule has 0 unspecified atom stereocenters. The van der Waals surface area contributed by atoms with Gasteiger partial charge < -0.3 is 4.42 Å². The van der Waals surface area contributed by atoms with Crippen LogP contribution in [0.5, 0.6) is 0 Å². The first-order valence-corrected chi connectivity index (χ1v) is 3.83. The number of rotatable bonds is 1. The number of aromatic nitrogens is 1. The summed E-state index contributed by atoms with van der Waals surface area (Å²) in [5.41, 5.74) is 2.04. The Morgan fingerprint density at radius 2 is 2.17 bits per heavy atom. The highest BCUT2D eigenvalue weighted by Gasteiger charge is 1.98. The summed E-state index contributed by atoms with van der Waals surface area (Å²) in [6, 6.07) is 7.76. The zero-order valence-corrected chi connectivity index (χ0v) is 6.82. The van der Waals surface area contributed by atoms with Crippen molar-refractivity contribution in [2.75, 3.05) is 0 Å². The van der Waals surface area contributed by atoms with E-state index in [1.807, 2.05) is 37.4 Å². The smallest absolute Gasteiger partial charge is 0.135 e. The van der Waals surface area contributed by atoms with Crippen LogP contribution in [0.2, 0.25) is 0 Å². The largest absolute Gasteiger partial charge is 0.464 e. The maximum absolute atomic E-state index is 5.22. The van der Waals surface area contributed by atoms with Crippen LogP contribution in [0.4, 0.5) is 0 Å². The van der Waals surface area contributed by atoms with Gasteiger partial charge in [-0.15, -0.1) is 0 Å². The van der Waals surface area contributed by atoms with E-state index in [0.717, 1.165) is 17.0 Å². The molecule has 0 aromatic carbocycles. The molecule has 0 aliphatic heterocycles. The van der Waals surface area contributed by atoms with Gasteiger partial charge in [0.15, 0.2) is 0 Å². The molecule has 0 atom stereocenters. The lowest BCUT2D eigenvalue weighted by molar-refractivity contribution is 0.582. The molecule has 2 heterocycles. The van der Waals surface area contributed by atoms with Crippen LogP contribution in [-0.2, 0) is 0 Å². The minimum atomic E-state index is 0.863. The normalized spacial score (nSPS) is 10.1. The van der Waals surface area contributed by atoms with Crippen molar-refractivity contribution in [3.63, 3.8) is 0 Å². The van der Waals surface area contributed by atoms with Gasteiger partial charge in [-0.25, -0.2) is 0 Å². The highest BCUT2D eigenvalue weighted by molar-refractivity contribution is 5.55. The Bertz CT molecular complexity index is 348. The molecule has 0 saturated heterocycles.